The molecule has 0 bridgehead atoms. The van der Waals surface area contributed by atoms with Crippen LogP contribution in [0.4, 0.5) is 11.4 Å². The lowest BCUT2D eigenvalue weighted by molar-refractivity contribution is -0.385. The van der Waals surface area contributed by atoms with Crippen LogP contribution in [0.2, 0.25) is 0 Å². The number of nitrogens with two attached hydrogens (primary N) is 2. The SMILES string of the molecule is C[C@@H](O)[C@H](NC(=O)[C@H](CO)NC(=O)[C@H](CC(=O)O)NC(=O)c1ccccc1N)C(=O)N[C@@H](CS)C(=O)N[C@@H](Cc1ccc(O)c([N+](=O)[O-])c1)C(N)=O. The first-order valence-electron chi connectivity index (χ1n) is 15.1. The highest BCUT2D eigenvalue weighted by atomic mass is 32.1. The van der Waals surface area contributed by atoms with Crippen LogP contribution in [0.5, 0.6) is 5.75 Å². The number of hydrogen-bond acceptors (Lipinski definition) is 14. The molecule has 0 aliphatic rings. The van der Waals surface area contributed by atoms with Crippen molar-refractivity contribution in [3.8, 4) is 5.75 Å². The molecule has 0 aliphatic carbocycles. The molecule has 22 heteroatoms. The third kappa shape index (κ3) is 12.1. The van der Waals surface area contributed by atoms with E-state index in [1.807, 2.05) is 0 Å². The van der Waals surface area contributed by atoms with Gasteiger partial charge in [0.1, 0.15) is 30.2 Å². The summed E-state index contributed by atoms with van der Waals surface area (Å²) in [5, 5.41) is 61.1. The summed E-state index contributed by atoms with van der Waals surface area (Å²) in [6.45, 7) is -0.00797. The van der Waals surface area contributed by atoms with Gasteiger partial charge in [0, 0.05) is 23.9 Å². The van der Waals surface area contributed by atoms with Gasteiger partial charge in [-0.15, -0.1) is 0 Å². The number of rotatable bonds is 19. The Morgan fingerprint density at radius 3 is 1.98 bits per heavy atom. The van der Waals surface area contributed by atoms with Crippen LogP contribution in [0.3, 0.4) is 0 Å². The van der Waals surface area contributed by atoms with Crippen LogP contribution in [0.1, 0.15) is 29.3 Å². The topological polar surface area (TPSA) is 356 Å². The Balaban J connectivity index is 2.14. The number of carbonyl (C=O) groups excluding carboxylic acids is 6. The molecule has 0 unspecified atom stereocenters. The number of anilines is 1. The van der Waals surface area contributed by atoms with Crippen LogP contribution >= 0.6 is 12.6 Å². The summed E-state index contributed by atoms with van der Waals surface area (Å²) in [5.74, 6) is -9.15. The molecule has 0 radical (unpaired) electrons. The Labute approximate surface area is 300 Å². The van der Waals surface area contributed by atoms with Gasteiger partial charge in [-0.1, -0.05) is 18.2 Å². The summed E-state index contributed by atoms with van der Waals surface area (Å²) >= 11 is 4.02. The molecule has 0 spiro atoms. The normalized spacial score (nSPS) is 14.2. The number of nitro groups is 1. The van der Waals surface area contributed by atoms with Crippen molar-refractivity contribution >= 4 is 65.4 Å². The third-order valence-corrected chi connectivity index (χ3v) is 7.60. The lowest BCUT2D eigenvalue weighted by Crippen LogP contribution is -2.62. The zero-order chi connectivity index (χ0) is 39.3. The summed E-state index contributed by atoms with van der Waals surface area (Å²) in [6, 6.07) is 0.541. The molecular weight excluding hydrogens is 712 g/mol. The number of nitrogen functional groups attached to an aromatic ring is 1. The number of nitrogens with one attached hydrogen (secondary N) is 5. The van der Waals surface area contributed by atoms with Gasteiger partial charge in [0.25, 0.3) is 5.91 Å². The first-order valence-corrected chi connectivity index (χ1v) is 15.8. The van der Waals surface area contributed by atoms with Crippen LogP contribution in [0.25, 0.3) is 0 Å². The standard InChI is InChI=1S/C30H38N8O13S/c1-13(40)24(30(49)36-20(12-52)29(48)33-17(25(32)44)8-14-6-7-22(41)21(9-14)38(50)51)37-28(47)19(11-39)35-27(46)18(10-23(42)43)34-26(45)15-4-2-3-5-16(15)31/h2-7,9,13,17-20,24,39-41,52H,8,10-12,31H2,1H3,(H2,32,44)(H,33,48)(H,34,45)(H,35,46)(H,36,49)(H,37,47)(H,42,43)/t13-,17+,18+,19+,20+,24+/m1/s1. The van der Waals surface area contributed by atoms with Gasteiger partial charge in [0.05, 0.1) is 29.6 Å². The van der Waals surface area contributed by atoms with Crippen LogP contribution < -0.4 is 38.1 Å². The van der Waals surface area contributed by atoms with E-state index < -0.39 is 113 Å². The molecule has 13 N–H and O–H groups in total. The van der Waals surface area contributed by atoms with Gasteiger partial charge in [-0.25, -0.2) is 0 Å². The first kappa shape index (κ1) is 42.2. The zero-order valence-electron chi connectivity index (χ0n) is 27.3. The Morgan fingerprint density at radius 2 is 1.44 bits per heavy atom. The molecule has 0 fully saturated rings. The van der Waals surface area contributed by atoms with E-state index in [4.69, 9.17) is 11.5 Å². The molecular formula is C30H38N8O13S. The van der Waals surface area contributed by atoms with E-state index in [9.17, 15) is 64.1 Å². The Hall–Kier alpha value is -6.00. The van der Waals surface area contributed by atoms with Crippen LogP contribution in [-0.2, 0) is 35.2 Å². The number of para-hydroxylation sites is 1. The first-order chi connectivity index (χ1) is 24.4. The van der Waals surface area contributed by atoms with Crippen molar-refractivity contribution in [1.29, 1.82) is 0 Å². The van der Waals surface area contributed by atoms with E-state index in [1.165, 1.54) is 30.3 Å². The fraction of sp³-hybridized carbons (Fsp3) is 0.367. The van der Waals surface area contributed by atoms with Crippen molar-refractivity contribution < 1.29 is 58.9 Å². The summed E-state index contributed by atoms with van der Waals surface area (Å²) in [5.41, 5.74) is 10.6. The molecule has 21 nitrogen and oxygen atoms in total. The minimum absolute atomic E-state index is 0.0252. The van der Waals surface area contributed by atoms with Crippen molar-refractivity contribution in [2.75, 3.05) is 18.1 Å². The molecule has 0 aliphatic heterocycles. The maximum atomic E-state index is 13.1. The Morgan fingerprint density at radius 1 is 0.865 bits per heavy atom. The highest BCUT2D eigenvalue weighted by Gasteiger charge is 2.34. The average molecular weight is 751 g/mol. The highest BCUT2D eigenvalue weighted by Crippen LogP contribution is 2.26. The number of nitrogens with zero attached hydrogens (tertiary/aromatic N) is 1. The summed E-state index contributed by atoms with van der Waals surface area (Å²) in [6.07, 6.45) is -2.95. The molecule has 0 heterocycles. The number of aliphatic hydroxyl groups excluding tert-OH is 2. The molecule has 0 aromatic heterocycles. The van der Waals surface area contributed by atoms with E-state index in [-0.39, 0.29) is 23.2 Å². The molecule has 2 aromatic rings. The summed E-state index contributed by atoms with van der Waals surface area (Å²) in [7, 11) is 0. The number of aliphatic carboxylic acids is 1. The summed E-state index contributed by atoms with van der Waals surface area (Å²) in [4.78, 5) is 98.6. The number of benzene rings is 2. The number of nitro benzene ring substituents is 1. The van der Waals surface area contributed by atoms with Crippen molar-refractivity contribution in [3.63, 3.8) is 0 Å². The number of phenols is 1. The number of amides is 6. The number of carbonyl (C=O) groups is 7. The molecule has 6 amide bonds. The number of phenolic OH excluding ortho intramolecular Hbond substituents is 1. The number of thiol groups is 1. The number of aromatic hydroxyl groups is 1. The number of carboxylic acid groups (broad SMARTS) is 1. The van der Waals surface area contributed by atoms with Crippen LogP contribution in [0.15, 0.2) is 42.5 Å². The number of carboxylic acids is 1. The molecule has 0 saturated carbocycles. The van der Waals surface area contributed by atoms with Gasteiger partial charge in [0.2, 0.25) is 29.5 Å². The number of hydrogen-bond donors (Lipinski definition) is 12. The second-order valence-electron chi connectivity index (χ2n) is 11.2. The van der Waals surface area contributed by atoms with E-state index in [0.717, 1.165) is 19.1 Å². The fourth-order valence-electron chi connectivity index (χ4n) is 4.48. The third-order valence-electron chi connectivity index (χ3n) is 7.24. The second-order valence-corrected chi connectivity index (χ2v) is 11.5. The lowest BCUT2D eigenvalue weighted by atomic mass is 10.0. The molecule has 282 valence electrons. The molecule has 2 rings (SSSR count). The number of primary amides is 1. The van der Waals surface area contributed by atoms with Gasteiger partial charge < -0.3 is 58.5 Å². The van der Waals surface area contributed by atoms with Crippen LogP contribution in [0, 0.1) is 10.1 Å². The maximum Gasteiger partial charge on any atom is 0.310 e. The lowest BCUT2D eigenvalue weighted by Gasteiger charge is -2.27. The smallest absolute Gasteiger partial charge is 0.310 e. The van der Waals surface area contributed by atoms with Crippen molar-refractivity contribution in [2.45, 2.75) is 56.1 Å². The van der Waals surface area contributed by atoms with Gasteiger partial charge in [-0.3, -0.25) is 43.7 Å². The Bertz CT molecular complexity index is 1690. The van der Waals surface area contributed by atoms with Crippen molar-refractivity contribution in [1.82, 2.24) is 26.6 Å². The minimum Gasteiger partial charge on any atom is -0.502 e. The van der Waals surface area contributed by atoms with E-state index >= 15 is 0 Å². The zero-order valence-corrected chi connectivity index (χ0v) is 28.2. The maximum absolute atomic E-state index is 13.1. The van der Waals surface area contributed by atoms with Crippen molar-refractivity contribution in [2.24, 2.45) is 5.73 Å². The molecule has 6 atom stereocenters. The average Bonchev–Trinajstić information content (AvgIpc) is 3.07. The van der Waals surface area contributed by atoms with Gasteiger partial charge >= 0.3 is 11.7 Å². The number of aliphatic hydroxyl groups is 2. The molecule has 2 aromatic carbocycles. The van der Waals surface area contributed by atoms with E-state index in [1.54, 1.807) is 0 Å². The second kappa shape index (κ2) is 19.4. The predicted molar refractivity (Wildman–Crippen MR) is 182 cm³/mol. The van der Waals surface area contributed by atoms with Gasteiger partial charge in [-0.2, -0.15) is 12.6 Å². The molecule has 52 heavy (non-hydrogen) atoms. The fourth-order valence-corrected chi connectivity index (χ4v) is 4.73. The monoisotopic (exact) mass is 750 g/mol. The van der Waals surface area contributed by atoms with E-state index in [2.05, 4.69) is 39.2 Å². The van der Waals surface area contributed by atoms with Gasteiger partial charge in [0.15, 0.2) is 5.75 Å². The Kier molecular flexibility index (Phi) is 15.7. The quantitative estimate of drug-likeness (QED) is 0.0286. The molecule has 0 saturated heterocycles. The minimum atomic E-state index is -1.84. The highest BCUT2D eigenvalue weighted by molar-refractivity contribution is 7.80. The van der Waals surface area contributed by atoms with Crippen molar-refractivity contribution in [3.05, 3.63) is 63.7 Å². The summed E-state index contributed by atoms with van der Waals surface area (Å²) < 4.78 is 0. The predicted octanol–water partition coefficient (Wildman–Crippen LogP) is -3.57. The van der Waals surface area contributed by atoms with Crippen LogP contribution in [-0.4, -0.2) is 115 Å². The van der Waals surface area contributed by atoms with E-state index in [0.29, 0.717) is 0 Å². The van der Waals surface area contributed by atoms with Gasteiger partial charge in [-0.05, 0) is 30.7 Å². The largest absolute Gasteiger partial charge is 0.502 e.